The lowest BCUT2D eigenvalue weighted by atomic mass is 9.65. The van der Waals surface area contributed by atoms with Crippen LogP contribution < -0.4 is 5.32 Å². The van der Waals surface area contributed by atoms with Crippen LogP contribution >= 0.6 is 0 Å². The molecule has 2 bridgehead atoms. The van der Waals surface area contributed by atoms with E-state index in [2.05, 4.69) is 12.2 Å². The van der Waals surface area contributed by atoms with Gasteiger partial charge in [0.1, 0.15) is 17.6 Å². The third kappa shape index (κ3) is 3.65. The molecule has 0 aromatic heterocycles. The van der Waals surface area contributed by atoms with Crippen molar-refractivity contribution in [3.05, 3.63) is 0 Å². The van der Waals surface area contributed by atoms with Crippen molar-refractivity contribution in [2.75, 3.05) is 19.8 Å². The minimum absolute atomic E-state index is 0.225. The Morgan fingerprint density at radius 3 is 2.58 bits per heavy atom. The van der Waals surface area contributed by atoms with Gasteiger partial charge in [0.2, 0.25) is 11.8 Å². The van der Waals surface area contributed by atoms with Gasteiger partial charge in [-0.05, 0) is 39.0 Å². The van der Waals surface area contributed by atoms with Gasteiger partial charge in [-0.15, -0.1) is 0 Å². The first-order valence-corrected chi connectivity index (χ1v) is 11.9. The molecule has 3 fully saturated rings. The van der Waals surface area contributed by atoms with E-state index in [9.17, 15) is 19.5 Å². The number of nitrogens with one attached hydrogen (secondary N) is 1. The maximum atomic E-state index is 13.7. The van der Waals surface area contributed by atoms with Crippen LogP contribution in [-0.4, -0.2) is 70.8 Å². The van der Waals surface area contributed by atoms with E-state index in [1.54, 1.807) is 6.92 Å². The standard InChI is InChI=1S/C23H38N2O6/c1-5-9-10-13-24-19(27)18-23-12-11-22(7-3,31-23)17(21(29)30-8-4)16(23)20(28)25(18)15(6-2)14-26/h15-18,26H,5-14H2,1-4H3,(H,24,27)/t15-,16-,17-,18?,22+,23?/m0/s1. The minimum Gasteiger partial charge on any atom is -0.466 e. The van der Waals surface area contributed by atoms with Gasteiger partial charge < -0.3 is 24.8 Å². The Bertz CT molecular complexity index is 696. The molecule has 3 rings (SSSR count). The van der Waals surface area contributed by atoms with Crippen molar-refractivity contribution < 1.29 is 29.0 Å². The molecule has 3 saturated heterocycles. The summed E-state index contributed by atoms with van der Waals surface area (Å²) in [6.07, 6.45) is 5.15. The lowest BCUT2D eigenvalue weighted by molar-refractivity contribution is -0.161. The number of fused-ring (bicyclic) bond motifs is 1. The Morgan fingerprint density at radius 2 is 2.00 bits per heavy atom. The van der Waals surface area contributed by atoms with Gasteiger partial charge >= 0.3 is 5.97 Å². The Balaban J connectivity index is 2.01. The van der Waals surface area contributed by atoms with E-state index in [1.165, 1.54) is 4.90 Å². The zero-order valence-electron chi connectivity index (χ0n) is 19.3. The summed E-state index contributed by atoms with van der Waals surface area (Å²) in [7, 11) is 0. The van der Waals surface area contributed by atoms with Crippen LogP contribution in [-0.2, 0) is 23.9 Å². The van der Waals surface area contributed by atoms with Gasteiger partial charge in [-0.2, -0.15) is 0 Å². The quantitative estimate of drug-likeness (QED) is 0.376. The smallest absolute Gasteiger partial charge is 0.312 e. The molecule has 6 atom stereocenters. The minimum atomic E-state index is -1.05. The van der Waals surface area contributed by atoms with Crippen LogP contribution in [0.25, 0.3) is 0 Å². The van der Waals surface area contributed by atoms with E-state index in [1.807, 2.05) is 13.8 Å². The van der Waals surface area contributed by atoms with E-state index in [0.717, 1.165) is 19.3 Å². The average Bonchev–Trinajstić information content (AvgIpc) is 3.36. The van der Waals surface area contributed by atoms with Gasteiger partial charge in [-0.3, -0.25) is 14.4 Å². The number of hydrogen-bond donors (Lipinski definition) is 2. The van der Waals surface area contributed by atoms with Crippen molar-refractivity contribution in [1.82, 2.24) is 10.2 Å². The van der Waals surface area contributed by atoms with Crippen molar-refractivity contribution in [2.24, 2.45) is 11.8 Å². The predicted octanol–water partition coefficient (Wildman–Crippen LogP) is 1.78. The molecule has 2 amide bonds. The first-order chi connectivity index (χ1) is 14.9. The number of carbonyl (C=O) groups is 3. The SMILES string of the molecule is CCCCCNC(=O)C1N([C@@H](CC)CO)C(=O)[C@@H]2[C@@H](C(=O)OCC)[C@@]3(CC)CCC12O3. The predicted molar refractivity (Wildman–Crippen MR) is 114 cm³/mol. The number of aliphatic hydroxyl groups excluding tert-OH is 1. The molecule has 3 aliphatic heterocycles. The normalized spacial score (nSPS) is 34.7. The highest BCUT2D eigenvalue weighted by molar-refractivity contribution is 5.98. The van der Waals surface area contributed by atoms with E-state index >= 15 is 0 Å². The molecular weight excluding hydrogens is 400 g/mol. The fraction of sp³-hybridized carbons (Fsp3) is 0.870. The number of amides is 2. The third-order valence-electron chi connectivity index (χ3n) is 7.56. The third-order valence-corrected chi connectivity index (χ3v) is 7.56. The molecule has 31 heavy (non-hydrogen) atoms. The second-order valence-corrected chi connectivity index (χ2v) is 9.07. The van der Waals surface area contributed by atoms with Gasteiger partial charge in [0.05, 0.1) is 30.8 Å². The lowest BCUT2D eigenvalue weighted by Crippen LogP contribution is -2.58. The second kappa shape index (κ2) is 9.45. The molecule has 2 N–H and O–H groups in total. The number of rotatable bonds is 11. The highest BCUT2D eigenvalue weighted by Gasteiger charge is 2.79. The Labute approximate surface area is 185 Å². The molecule has 1 spiro atoms. The van der Waals surface area contributed by atoms with Crippen LogP contribution in [0.1, 0.15) is 72.6 Å². The zero-order chi connectivity index (χ0) is 22.8. The van der Waals surface area contributed by atoms with Gasteiger partial charge in [-0.1, -0.05) is 33.6 Å². The number of unbranched alkanes of at least 4 members (excludes halogenated alkanes) is 2. The largest absolute Gasteiger partial charge is 0.466 e. The van der Waals surface area contributed by atoms with Crippen LogP contribution in [0.3, 0.4) is 0 Å². The first kappa shape index (κ1) is 24.0. The summed E-state index contributed by atoms with van der Waals surface area (Å²) >= 11 is 0. The van der Waals surface area contributed by atoms with Crippen LogP contribution in [0.15, 0.2) is 0 Å². The van der Waals surface area contributed by atoms with Crippen molar-refractivity contribution in [1.29, 1.82) is 0 Å². The van der Waals surface area contributed by atoms with Gasteiger partial charge in [0, 0.05) is 6.54 Å². The van der Waals surface area contributed by atoms with Crippen LogP contribution in [0, 0.1) is 11.8 Å². The number of likely N-dealkylation sites (tertiary alicyclic amines) is 1. The number of esters is 1. The summed E-state index contributed by atoms with van der Waals surface area (Å²) in [6.45, 7) is 8.19. The molecule has 2 unspecified atom stereocenters. The summed E-state index contributed by atoms with van der Waals surface area (Å²) in [5, 5.41) is 13.0. The number of hydrogen-bond acceptors (Lipinski definition) is 6. The molecule has 8 nitrogen and oxygen atoms in total. The fourth-order valence-electron chi connectivity index (χ4n) is 6.04. The molecule has 0 aromatic carbocycles. The summed E-state index contributed by atoms with van der Waals surface area (Å²) in [5.41, 5.74) is -1.83. The summed E-state index contributed by atoms with van der Waals surface area (Å²) in [4.78, 5) is 41.7. The molecule has 0 saturated carbocycles. The Morgan fingerprint density at radius 1 is 1.26 bits per heavy atom. The number of ether oxygens (including phenoxy) is 2. The van der Waals surface area contributed by atoms with Crippen LogP contribution in [0.2, 0.25) is 0 Å². The molecule has 0 aromatic rings. The Kier molecular flexibility index (Phi) is 7.31. The summed E-state index contributed by atoms with van der Waals surface area (Å²) in [5.74, 6) is -2.44. The van der Waals surface area contributed by atoms with E-state index < -0.39 is 41.1 Å². The monoisotopic (exact) mass is 438 g/mol. The Hall–Kier alpha value is -1.67. The van der Waals surface area contributed by atoms with Crippen molar-refractivity contribution in [3.8, 4) is 0 Å². The highest BCUT2D eigenvalue weighted by atomic mass is 16.6. The molecule has 176 valence electrons. The topological polar surface area (TPSA) is 105 Å². The fourth-order valence-corrected chi connectivity index (χ4v) is 6.04. The van der Waals surface area contributed by atoms with Crippen molar-refractivity contribution in [3.63, 3.8) is 0 Å². The number of nitrogens with zero attached hydrogens (tertiary/aromatic N) is 1. The molecular formula is C23H38N2O6. The maximum Gasteiger partial charge on any atom is 0.312 e. The lowest BCUT2D eigenvalue weighted by Gasteiger charge is -2.37. The van der Waals surface area contributed by atoms with Crippen LogP contribution in [0.5, 0.6) is 0 Å². The van der Waals surface area contributed by atoms with Gasteiger partial charge in [0.25, 0.3) is 0 Å². The van der Waals surface area contributed by atoms with Gasteiger partial charge in [-0.25, -0.2) is 0 Å². The number of carbonyl (C=O) groups excluding carboxylic acids is 3. The average molecular weight is 439 g/mol. The molecule has 0 aliphatic carbocycles. The molecule has 3 aliphatic rings. The molecule has 3 heterocycles. The maximum absolute atomic E-state index is 13.7. The highest BCUT2D eigenvalue weighted by Crippen LogP contribution is 2.64. The van der Waals surface area contributed by atoms with Crippen molar-refractivity contribution in [2.45, 2.75) is 95.9 Å². The van der Waals surface area contributed by atoms with Gasteiger partial charge in [0.15, 0.2) is 0 Å². The molecule has 0 radical (unpaired) electrons. The van der Waals surface area contributed by atoms with Crippen molar-refractivity contribution >= 4 is 17.8 Å². The second-order valence-electron chi connectivity index (χ2n) is 9.07. The van der Waals surface area contributed by atoms with E-state index in [0.29, 0.717) is 32.2 Å². The first-order valence-electron chi connectivity index (χ1n) is 11.9. The molecule has 8 heteroatoms. The summed E-state index contributed by atoms with van der Waals surface area (Å²) < 4.78 is 12.0. The summed E-state index contributed by atoms with van der Waals surface area (Å²) in [6, 6.07) is -1.35. The number of aliphatic hydroxyl groups is 1. The zero-order valence-corrected chi connectivity index (χ0v) is 19.3. The van der Waals surface area contributed by atoms with E-state index in [4.69, 9.17) is 9.47 Å². The van der Waals surface area contributed by atoms with Crippen LogP contribution in [0.4, 0.5) is 0 Å². The van der Waals surface area contributed by atoms with E-state index in [-0.39, 0.29) is 25.0 Å².